The van der Waals surface area contributed by atoms with Gasteiger partial charge < -0.3 is 10.0 Å². The highest BCUT2D eigenvalue weighted by Gasteiger charge is 2.10. The lowest BCUT2D eigenvalue weighted by Crippen LogP contribution is -2.23. The van der Waals surface area contributed by atoms with Gasteiger partial charge in [0.15, 0.2) is 0 Å². The Morgan fingerprint density at radius 1 is 1.14 bits per heavy atom. The molecule has 118 valence electrons. The number of halogens is 2. The van der Waals surface area contributed by atoms with E-state index in [1.54, 1.807) is 12.1 Å². The average molecular weight is 322 g/mol. The van der Waals surface area contributed by atoms with Crippen molar-refractivity contribution in [2.45, 2.75) is 32.9 Å². The Kier molecular flexibility index (Phi) is 6.22. The van der Waals surface area contributed by atoms with Crippen molar-refractivity contribution in [1.29, 1.82) is 0 Å². The van der Waals surface area contributed by atoms with Crippen LogP contribution in [0, 0.1) is 5.82 Å². The topological polar surface area (TPSA) is 23.5 Å². The van der Waals surface area contributed by atoms with Gasteiger partial charge in [-0.15, -0.1) is 0 Å². The number of nitrogens with zero attached hydrogens (tertiary/aromatic N) is 1. The van der Waals surface area contributed by atoms with Crippen LogP contribution in [0.1, 0.15) is 30.9 Å². The van der Waals surface area contributed by atoms with Crippen LogP contribution in [0.5, 0.6) is 0 Å². The molecule has 0 aliphatic heterocycles. The van der Waals surface area contributed by atoms with Gasteiger partial charge in [0, 0.05) is 23.8 Å². The number of hydrogen-bond acceptors (Lipinski definition) is 2. The van der Waals surface area contributed by atoms with Gasteiger partial charge >= 0.3 is 0 Å². The van der Waals surface area contributed by atoms with E-state index in [2.05, 4.69) is 11.8 Å². The summed E-state index contributed by atoms with van der Waals surface area (Å²) in [5, 5.41) is 9.79. The fourth-order valence-electron chi connectivity index (χ4n) is 2.32. The smallest absolute Gasteiger partial charge is 0.123 e. The van der Waals surface area contributed by atoms with E-state index in [-0.39, 0.29) is 12.4 Å². The molecule has 4 heteroatoms. The first-order valence-corrected chi connectivity index (χ1v) is 7.90. The number of hydrogen-bond donors (Lipinski definition) is 1. The van der Waals surface area contributed by atoms with Gasteiger partial charge in [0.25, 0.3) is 0 Å². The van der Waals surface area contributed by atoms with Crippen molar-refractivity contribution in [3.63, 3.8) is 0 Å². The third kappa shape index (κ3) is 4.46. The summed E-state index contributed by atoms with van der Waals surface area (Å²) in [5.41, 5.74) is 2.79. The molecule has 1 N–H and O–H groups in total. The second-order valence-electron chi connectivity index (χ2n) is 5.34. The number of aliphatic hydroxyl groups is 1. The van der Waals surface area contributed by atoms with E-state index < -0.39 is 0 Å². The number of rotatable bonds is 7. The first-order chi connectivity index (χ1) is 10.6. The predicted octanol–water partition coefficient (Wildman–Crippen LogP) is 4.78. The maximum Gasteiger partial charge on any atom is 0.123 e. The van der Waals surface area contributed by atoms with E-state index in [0.29, 0.717) is 11.6 Å². The molecule has 0 atom stereocenters. The molecule has 0 aromatic heterocycles. The molecule has 0 spiro atoms. The van der Waals surface area contributed by atoms with Crippen molar-refractivity contribution >= 4 is 17.3 Å². The minimum absolute atomic E-state index is 0.0635. The summed E-state index contributed by atoms with van der Waals surface area (Å²) in [5.74, 6) is -0.223. The van der Waals surface area contributed by atoms with Crippen molar-refractivity contribution in [3.8, 4) is 0 Å². The van der Waals surface area contributed by atoms with E-state index in [9.17, 15) is 9.50 Å². The Labute approximate surface area is 136 Å². The van der Waals surface area contributed by atoms with E-state index >= 15 is 0 Å². The SMILES string of the molecule is CCCCN(Cc1ccc(F)cc1)c1ccc(CO)c(Cl)c1. The van der Waals surface area contributed by atoms with Crippen molar-refractivity contribution in [2.24, 2.45) is 0 Å². The largest absolute Gasteiger partial charge is 0.392 e. The van der Waals surface area contributed by atoms with E-state index in [1.165, 1.54) is 12.1 Å². The molecule has 22 heavy (non-hydrogen) atoms. The molecule has 0 saturated carbocycles. The summed E-state index contributed by atoms with van der Waals surface area (Å²) >= 11 is 6.20. The van der Waals surface area contributed by atoms with Gasteiger partial charge in [-0.1, -0.05) is 43.1 Å². The minimum Gasteiger partial charge on any atom is -0.392 e. The van der Waals surface area contributed by atoms with Crippen LogP contribution in [0.25, 0.3) is 0 Å². The van der Waals surface area contributed by atoms with Crippen LogP contribution < -0.4 is 4.90 Å². The summed E-state index contributed by atoms with van der Waals surface area (Å²) < 4.78 is 13.0. The third-order valence-corrected chi connectivity index (χ3v) is 3.99. The van der Waals surface area contributed by atoms with Crippen molar-refractivity contribution < 1.29 is 9.50 Å². The number of benzene rings is 2. The molecule has 0 radical (unpaired) electrons. The summed E-state index contributed by atoms with van der Waals surface area (Å²) in [7, 11) is 0. The van der Waals surface area contributed by atoms with Gasteiger partial charge in [0.05, 0.1) is 6.61 Å². The van der Waals surface area contributed by atoms with Crippen LogP contribution in [-0.4, -0.2) is 11.7 Å². The minimum atomic E-state index is -0.223. The van der Waals surface area contributed by atoms with Gasteiger partial charge in [0.2, 0.25) is 0 Å². The summed E-state index contributed by atoms with van der Waals surface area (Å²) in [6.45, 7) is 3.70. The van der Waals surface area contributed by atoms with Gasteiger partial charge in [-0.2, -0.15) is 0 Å². The van der Waals surface area contributed by atoms with E-state index in [0.717, 1.165) is 36.2 Å². The lowest BCUT2D eigenvalue weighted by molar-refractivity contribution is 0.282. The van der Waals surface area contributed by atoms with Gasteiger partial charge in [-0.3, -0.25) is 0 Å². The van der Waals surface area contributed by atoms with Gasteiger partial charge in [-0.05, 0) is 41.8 Å². The van der Waals surface area contributed by atoms with Crippen molar-refractivity contribution in [3.05, 3.63) is 64.4 Å². The maximum atomic E-state index is 13.0. The first kappa shape index (κ1) is 16.8. The Balaban J connectivity index is 2.21. The third-order valence-electron chi connectivity index (χ3n) is 3.64. The molecule has 0 aliphatic rings. The molecule has 2 rings (SSSR count). The fraction of sp³-hybridized carbons (Fsp3) is 0.333. The standard InChI is InChI=1S/C18H21ClFNO/c1-2-3-10-21(12-14-4-7-16(20)8-5-14)17-9-6-15(13-22)18(19)11-17/h4-9,11,22H,2-3,10,12-13H2,1H3. The van der Waals surface area contributed by atoms with Crippen molar-refractivity contribution in [2.75, 3.05) is 11.4 Å². The zero-order chi connectivity index (χ0) is 15.9. The summed E-state index contributed by atoms with van der Waals surface area (Å²) in [6, 6.07) is 12.3. The van der Waals surface area contributed by atoms with Gasteiger partial charge in [0.1, 0.15) is 5.82 Å². The molecule has 0 saturated heterocycles. The average Bonchev–Trinajstić information content (AvgIpc) is 2.53. The van der Waals surface area contributed by atoms with Crippen LogP contribution in [0.2, 0.25) is 5.02 Å². The van der Waals surface area contributed by atoms with Crippen LogP contribution in [0.15, 0.2) is 42.5 Å². The predicted molar refractivity (Wildman–Crippen MR) is 89.7 cm³/mol. The summed E-state index contributed by atoms with van der Waals surface area (Å²) in [6.07, 6.45) is 2.17. The molecular formula is C18H21ClFNO. The highest BCUT2D eigenvalue weighted by Crippen LogP contribution is 2.25. The molecule has 0 bridgehead atoms. The molecule has 0 unspecified atom stereocenters. The Bertz CT molecular complexity index is 601. The van der Waals surface area contributed by atoms with E-state index in [1.807, 2.05) is 18.2 Å². The molecule has 2 aromatic rings. The Morgan fingerprint density at radius 3 is 2.45 bits per heavy atom. The second-order valence-corrected chi connectivity index (χ2v) is 5.74. The zero-order valence-electron chi connectivity index (χ0n) is 12.7. The van der Waals surface area contributed by atoms with Crippen LogP contribution in [0.4, 0.5) is 10.1 Å². The zero-order valence-corrected chi connectivity index (χ0v) is 13.5. The molecule has 0 heterocycles. The van der Waals surface area contributed by atoms with Gasteiger partial charge in [-0.25, -0.2) is 4.39 Å². The lowest BCUT2D eigenvalue weighted by Gasteiger charge is -2.25. The monoisotopic (exact) mass is 321 g/mol. The number of aliphatic hydroxyl groups excluding tert-OH is 1. The highest BCUT2D eigenvalue weighted by atomic mass is 35.5. The number of unbranched alkanes of at least 4 members (excludes halogenated alkanes) is 1. The molecule has 0 amide bonds. The first-order valence-electron chi connectivity index (χ1n) is 7.52. The highest BCUT2D eigenvalue weighted by molar-refractivity contribution is 6.31. The van der Waals surface area contributed by atoms with Crippen LogP contribution >= 0.6 is 11.6 Å². The Morgan fingerprint density at radius 2 is 1.86 bits per heavy atom. The lowest BCUT2D eigenvalue weighted by atomic mass is 10.1. The number of anilines is 1. The van der Waals surface area contributed by atoms with E-state index in [4.69, 9.17) is 11.6 Å². The Hall–Kier alpha value is -1.58. The normalized spacial score (nSPS) is 10.7. The second kappa shape index (κ2) is 8.16. The quantitative estimate of drug-likeness (QED) is 0.793. The van der Waals surface area contributed by atoms with Crippen LogP contribution in [-0.2, 0) is 13.2 Å². The summed E-state index contributed by atoms with van der Waals surface area (Å²) in [4.78, 5) is 2.23. The molecule has 0 fully saturated rings. The molecule has 0 aliphatic carbocycles. The molecule has 2 aromatic carbocycles. The van der Waals surface area contributed by atoms with Crippen LogP contribution in [0.3, 0.4) is 0 Å². The fourth-order valence-corrected chi connectivity index (χ4v) is 2.55. The van der Waals surface area contributed by atoms with Crippen molar-refractivity contribution in [1.82, 2.24) is 0 Å². The molecular weight excluding hydrogens is 301 g/mol. The molecule has 2 nitrogen and oxygen atoms in total. The maximum absolute atomic E-state index is 13.0.